The van der Waals surface area contributed by atoms with Gasteiger partial charge in [0.1, 0.15) is 11.3 Å². The molecule has 1 aromatic carbocycles. The number of furan rings is 1. The first-order valence-electron chi connectivity index (χ1n) is 6.63. The lowest BCUT2D eigenvalue weighted by molar-refractivity contribution is 0.418. The quantitative estimate of drug-likeness (QED) is 0.891. The molecule has 1 aliphatic rings. The van der Waals surface area contributed by atoms with Crippen LogP contribution in [0.1, 0.15) is 31.2 Å². The van der Waals surface area contributed by atoms with Gasteiger partial charge >= 0.3 is 0 Å². The molecule has 1 fully saturated rings. The van der Waals surface area contributed by atoms with E-state index in [2.05, 4.69) is 37.4 Å². The van der Waals surface area contributed by atoms with Gasteiger partial charge in [-0.3, -0.25) is 0 Å². The number of thioether (sulfide) groups is 1. The molecule has 2 aromatic rings. The summed E-state index contributed by atoms with van der Waals surface area (Å²) in [7, 11) is 0. The molecule has 2 atom stereocenters. The van der Waals surface area contributed by atoms with Gasteiger partial charge in [0, 0.05) is 28.5 Å². The van der Waals surface area contributed by atoms with Crippen LogP contribution in [0.2, 0.25) is 0 Å². The molecule has 0 bridgehead atoms. The van der Waals surface area contributed by atoms with Crippen molar-refractivity contribution in [3.05, 3.63) is 35.6 Å². The summed E-state index contributed by atoms with van der Waals surface area (Å²) in [6, 6.07) is 9.29. The summed E-state index contributed by atoms with van der Waals surface area (Å²) >= 11 is 2.01. The van der Waals surface area contributed by atoms with Crippen LogP contribution in [0.3, 0.4) is 0 Å². The number of nitrogens with one attached hydrogen (secondary N) is 1. The molecule has 2 unspecified atom stereocenters. The Labute approximate surface area is 112 Å². The molecule has 1 N–H and O–H groups in total. The molecular weight excluding hydrogens is 242 g/mol. The summed E-state index contributed by atoms with van der Waals surface area (Å²) in [6.45, 7) is 4.45. The average molecular weight is 261 g/mol. The summed E-state index contributed by atoms with van der Waals surface area (Å²) in [5.74, 6) is 3.45. The highest BCUT2D eigenvalue weighted by molar-refractivity contribution is 7.99. The molecule has 3 rings (SSSR count). The molecule has 2 nitrogen and oxygen atoms in total. The lowest BCUT2D eigenvalue weighted by atomic mass is 10.0. The van der Waals surface area contributed by atoms with E-state index in [0.29, 0.717) is 12.1 Å². The zero-order valence-corrected chi connectivity index (χ0v) is 11.7. The largest absolute Gasteiger partial charge is 0.459 e. The third-order valence-corrected chi connectivity index (χ3v) is 4.84. The van der Waals surface area contributed by atoms with Gasteiger partial charge in [0.15, 0.2) is 0 Å². The molecule has 0 amide bonds. The fourth-order valence-electron chi connectivity index (χ4n) is 2.72. The summed E-state index contributed by atoms with van der Waals surface area (Å²) in [6.07, 6.45) is 1.03. The van der Waals surface area contributed by atoms with Crippen molar-refractivity contribution in [2.75, 3.05) is 11.5 Å². The third-order valence-electron chi connectivity index (χ3n) is 3.54. The van der Waals surface area contributed by atoms with E-state index in [-0.39, 0.29) is 0 Å². The summed E-state index contributed by atoms with van der Waals surface area (Å²) in [5.41, 5.74) is 2.40. The zero-order chi connectivity index (χ0) is 12.5. The van der Waals surface area contributed by atoms with Crippen LogP contribution < -0.4 is 5.32 Å². The molecule has 0 spiro atoms. The van der Waals surface area contributed by atoms with Crippen molar-refractivity contribution < 1.29 is 4.42 Å². The number of hydrogen-bond acceptors (Lipinski definition) is 3. The fraction of sp³-hybridized carbons (Fsp3) is 0.467. The van der Waals surface area contributed by atoms with Gasteiger partial charge in [-0.25, -0.2) is 0 Å². The van der Waals surface area contributed by atoms with Gasteiger partial charge in [-0.2, -0.15) is 11.8 Å². The van der Waals surface area contributed by atoms with E-state index in [9.17, 15) is 0 Å². The molecule has 2 heterocycles. The summed E-state index contributed by atoms with van der Waals surface area (Å²) < 4.78 is 6.10. The van der Waals surface area contributed by atoms with E-state index in [0.717, 1.165) is 23.5 Å². The minimum absolute atomic E-state index is 0.362. The summed E-state index contributed by atoms with van der Waals surface area (Å²) in [4.78, 5) is 0. The maximum Gasteiger partial charge on any atom is 0.134 e. The van der Waals surface area contributed by atoms with E-state index in [1.54, 1.807) is 0 Å². The van der Waals surface area contributed by atoms with Crippen LogP contribution >= 0.6 is 11.8 Å². The second-order valence-electron chi connectivity index (χ2n) is 4.95. The average Bonchev–Trinajstić information content (AvgIpc) is 2.77. The molecular formula is C15H19NOS. The van der Waals surface area contributed by atoms with E-state index < -0.39 is 0 Å². The van der Waals surface area contributed by atoms with Crippen molar-refractivity contribution in [1.29, 1.82) is 0 Å². The lowest BCUT2D eigenvalue weighted by Crippen LogP contribution is -2.38. The van der Waals surface area contributed by atoms with Gasteiger partial charge in [-0.1, -0.05) is 25.1 Å². The number of rotatable bonds is 2. The third kappa shape index (κ3) is 2.06. The minimum Gasteiger partial charge on any atom is -0.459 e. The maximum atomic E-state index is 6.10. The topological polar surface area (TPSA) is 25.2 Å². The Hall–Kier alpha value is -0.930. The first-order chi connectivity index (χ1) is 8.79. The van der Waals surface area contributed by atoms with Crippen LogP contribution in [0.25, 0.3) is 11.0 Å². The first kappa shape index (κ1) is 12.1. The highest BCUT2D eigenvalue weighted by atomic mass is 32.2. The van der Waals surface area contributed by atoms with Crippen LogP contribution in [0.5, 0.6) is 0 Å². The highest BCUT2D eigenvalue weighted by Crippen LogP contribution is 2.33. The van der Waals surface area contributed by atoms with E-state index in [1.165, 1.54) is 16.7 Å². The molecule has 3 heteroatoms. The van der Waals surface area contributed by atoms with Crippen molar-refractivity contribution in [2.24, 2.45) is 0 Å². The SMILES string of the molecule is CCc1c(C2CSCC(C)N2)oc2ccccc12. The number of benzene rings is 1. The summed E-state index contributed by atoms with van der Waals surface area (Å²) in [5, 5.41) is 4.93. The molecule has 18 heavy (non-hydrogen) atoms. The Balaban J connectivity index is 2.05. The Bertz CT molecular complexity index is 548. The monoisotopic (exact) mass is 261 g/mol. The predicted molar refractivity (Wildman–Crippen MR) is 78.3 cm³/mol. The molecule has 1 aromatic heterocycles. The van der Waals surface area contributed by atoms with E-state index in [4.69, 9.17) is 4.42 Å². The fourth-order valence-corrected chi connectivity index (χ4v) is 3.79. The first-order valence-corrected chi connectivity index (χ1v) is 7.79. The number of para-hydroxylation sites is 1. The van der Waals surface area contributed by atoms with Crippen LogP contribution in [0, 0.1) is 0 Å². The predicted octanol–water partition coefficient (Wildman–Crippen LogP) is 3.76. The normalized spacial score (nSPS) is 24.6. The van der Waals surface area contributed by atoms with Crippen LogP contribution in [0.4, 0.5) is 0 Å². The standard InChI is InChI=1S/C15H19NOS/c1-3-11-12-6-4-5-7-14(12)17-15(11)13-9-18-8-10(2)16-13/h4-7,10,13,16H,3,8-9H2,1-2H3. The number of aryl methyl sites for hydroxylation is 1. The Morgan fingerprint density at radius 1 is 1.33 bits per heavy atom. The van der Waals surface area contributed by atoms with Crippen molar-refractivity contribution in [1.82, 2.24) is 5.32 Å². The van der Waals surface area contributed by atoms with Gasteiger partial charge in [0.25, 0.3) is 0 Å². The van der Waals surface area contributed by atoms with Gasteiger partial charge in [-0.05, 0) is 19.4 Å². The molecule has 1 saturated heterocycles. The van der Waals surface area contributed by atoms with E-state index in [1.807, 2.05) is 17.8 Å². The maximum absolute atomic E-state index is 6.10. The van der Waals surface area contributed by atoms with Crippen LogP contribution in [-0.4, -0.2) is 17.5 Å². The van der Waals surface area contributed by atoms with Gasteiger partial charge < -0.3 is 9.73 Å². The van der Waals surface area contributed by atoms with Crippen molar-refractivity contribution in [2.45, 2.75) is 32.4 Å². The second-order valence-corrected chi connectivity index (χ2v) is 6.03. The van der Waals surface area contributed by atoms with Crippen LogP contribution in [-0.2, 0) is 6.42 Å². The van der Waals surface area contributed by atoms with Gasteiger partial charge in [0.2, 0.25) is 0 Å². The Morgan fingerprint density at radius 3 is 2.94 bits per heavy atom. The zero-order valence-electron chi connectivity index (χ0n) is 10.9. The molecule has 96 valence electrons. The van der Waals surface area contributed by atoms with Gasteiger partial charge in [0.05, 0.1) is 6.04 Å². The molecule has 1 aliphatic heterocycles. The number of hydrogen-bond donors (Lipinski definition) is 1. The number of fused-ring (bicyclic) bond motifs is 1. The highest BCUT2D eigenvalue weighted by Gasteiger charge is 2.25. The molecule has 0 radical (unpaired) electrons. The lowest BCUT2D eigenvalue weighted by Gasteiger charge is -2.27. The smallest absolute Gasteiger partial charge is 0.134 e. The Morgan fingerprint density at radius 2 is 2.17 bits per heavy atom. The minimum atomic E-state index is 0.362. The van der Waals surface area contributed by atoms with Crippen molar-refractivity contribution in [3.8, 4) is 0 Å². The van der Waals surface area contributed by atoms with Crippen LogP contribution in [0.15, 0.2) is 28.7 Å². The van der Waals surface area contributed by atoms with Crippen molar-refractivity contribution >= 4 is 22.7 Å². The Kier molecular flexibility index (Phi) is 3.35. The molecule has 0 aliphatic carbocycles. The van der Waals surface area contributed by atoms with Gasteiger partial charge in [-0.15, -0.1) is 0 Å². The molecule has 0 saturated carbocycles. The van der Waals surface area contributed by atoms with E-state index >= 15 is 0 Å². The second kappa shape index (κ2) is 4.98. The van der Waals surface area contributed by atoms with Crippen molar-refractivity contribution in [3.63, 3.8) is 0 Å².